The van der Waals surface area contributed by atoms with E-state index in [0.29, 0.717) is 0 Å². The molecule has 0 rings (SSSR count). The van der Waals surface area contributed by atoms with Gasteiger partial charge in [0, 0.05) is 6.42 Å². The molecule has 0 aliphatic heterocycles. The lowest BCUT2D eigenvalue weighted by molar-refractivity contribution is -0.141. The van der Waals surface area contributed by atoms with Gasteiger partial charge in [-0.1, -0.05) is 13.8 Å². The van der Waals surface area contributed by atoms with Crippen LogP contribution in [0.3, 0.4) is 0 Å². The van der Waals surface area contributed by atoms with Crippen molar-refractivity contribution in [2.75, 3.05) is 0 Å². The third-order valence-corrected chi connectivity index (χ3v) is 3.80. The summed E-state index contributed by atoms with van der Waals surface area (Å²) in [7, 11) is 0. The molecule has 0 aromatic carbocycles. The van der Waals surface area contributed by atoms with Crippen molar-refractivity contribution in [3.63, 3.8) is 0 Å². The van der Waals surface area contributed by atoms with Gasteiger partial charge in [0.25, 0.3) is 0 Å². The third-order valence-electron chi connectivity index (χ3n) is 3.80. The number of carboxylic acids is 1. The van der Waals surface area contributed by atoms with E-state index in [-0.39, 0.29) is 25.2 Å². The van der Waals surface area contributed by atoms with Gasteiger partial charge in [0.05, 0.1) is 6.04 Å². The first-order valence-corrected chi connectivity index (χ1v) is 9.02. The van der Waals surface area contributed by atoms with E-state index in [1.807, 2.05) is 13.8 Å². The van der Waals surface area contributed by atoms with E-state index in [0.717, 1.165) is 0 Å². The number of carbonyl (C=O) groups excluding carboxylic acids is 4. The molecule has 0 aromatic rings. The minimum atomic E-state index is -1.22. The fourth-order valence-electron chi connectivity index (χ4n) is 2.21. The Hall–Kier alpha value is -2.69. The van der Waals surface area contributed by atoms with E-state index in [1.165, 1.54) is 13.8 Å². The molecule has 8 N–H and O–H groups in total. The second-order valence-corrected chi connectivity index (χ2v) is 7.11. The zero-order chi connectivity index (χ0) is 22.0. The van der Waals surface area contributed by atoms with Crippen molar-refractivity contribution in [2.24, 2.45) is 17.4 Å². The molecular formula is C17H31N5O6. The molecule has 0 saturated heterocycles. The highest BCUT2D eigenvalue weighted by molar-refractivity contribution is 5.94. The maximum Gasteiger partial charge on any atom is 0.325 e. The number of carboxylic acid groups (broad SMARTS) is 1. The maximum absolute atomic E-state index is 12.6. The van der Waals surface area contributed by atoms with Crippen LogP contribution < -0.4 is 27.4 Å². The lowest BCUT2D eigenvalue weighted by Crippen LogP contribution is -2.57. The minimum absolute atomic E-state index is 0.0129. The van der Waals surface area contributed by atoms with Crippen LogP contribution in [0.5, 0.6) is 0 Å². The van der Waals surface area contributed by atoms with Crippen molar-refractivity contribution in [2.45, 2.75) is 71.1 Å². The Balaban J connectivity index is 5.30. The summed E-state index contributed by atoms with van der Waals surface area (Å²) in [6.07, 6.45) is 0.0171. The van der Waals surface area contributed by atoms with Crippen LogP contribution in [-0.4, -0.2) is 58.9 Å². The Morgan fingerprint density at radius 2 is 1.36 bits per heavy atom. The first kappa shape index (κ1) is 25.3. The minimum Gasteiger partial charge on any atom is -0.480 e. The molecule has 11 heteroatoms. The van der Waals surface area contributed by atoms with Crippen LogP contribution in [0.1, 0.15) is 47.0 Å². The summed E-state index contributed by atoms with van der Waals surface area (Å²) >= 11 is 0. The number of nitrogens with two attached hydrogens (primary N) is 2. The predicted molar refractivity (Wildman–Crippen MR) is 101 cm³/mol. The Morgan fingerprint density at radius 1 is 0.857 bits per heavy atom. The number of hydrogen-bond acceptors (Lipinski definition) is 6. The van der Waals surface area contributed by atoms with Crippen molar-refractivity contribution < 1.29 is 29.1 Å². The fourth-order valence-corrected chi connectivity index (χ4v) is 2.21. The van der Waals surface area contributed by atoms with Crippen LogP contribution in [0.25, 0.3) is 0 Å². The number of aliphatic carboxylic acids is 1. The van der Waals surface area contributed by atoms with Crippen LogP contribution >= 0.6 is 0 Å². The van der Waals surface area contributed by atoms with Crippen molar-refractivity contribution in [1.29, 1.82) is 0 Å². The summed E-state index contributed by atoms with van der Waals surface area (Å²) in [6, 6.07) is -4.15. The SMILES string of the molecule is CC(C)CC(NC(=O)C(CCC(N)=O)NC(=O)C(C)N)C(=O)NC(C)C(=O)O. The van der Waals surface area contributed by atoms with Gasteiger partial charge in [-0.2, -0.15) is 0 Å². The number of hydrogen-bond donors (Lipinski definition) is 6. The Kier molecular flexibility index (Phi) is 10.8. The van der Waals surface area contributed by atoms with E-state index in [1.54, 1.807) is 0 Å². The van der Waals surface area contributed by atoms with E-state index in [9.17, 15) is 24.0 Å². The zero-order valence-corrected chi connectivity index (χ0v) is 16.7. The average molecular weight is 401 g/mol. The van der Waals surface area contributed by atoms with Crippen LogP contribution in [0.15, 0.2) is 0 Å². The lowest BCUT2D eigenvalue weighted by atomic mass is 10.0. The highest BCUT2D eigenvalue weighted by Crippen LogP contribution is 2.07. The second-order valence-electron chi connectivity index (χ2n) is 7.11. The molecule has 0 fully saturated rings. The number of amides is 4. The largest absolute Gasteiger partial charge is 0.480 e. The van der Waals surface area contributed by atoms with Crippen LogP contribution in [0.4, 0.5) is 0 Å². The maximum atomic E-state index is 12.6. The molecule has 0 spiro atoms. The average Bonchev–Trinajstić information content (AvgIpc) is 2.56. The van der Waals surface area contributed by atoms with Crippen molar-refractivity contribution >= 4 is 29.6 Å². The Bertz CT molecular complexity index is 593. The molecule has 0 aliphatic carbocycles. The third kappa shape index (κ3) is 9.86. The van der Waals surface area contributed by atoms with Gasteiger partial charge in [0.1, 0.15) is 18.1 Å². The molecule has 0 aliphatic rings. The second kappa shape index (κ2) is 11.9. The quantitative estimate of drug-likeness (QED) is 0.222. The summed E-state index contributed by atoms with van der Waals surface area (Å²) in [6.45, 7) is 6.39. The summed E-state index contributed by atoms with van der Waals surface area (Å²) in [5.41, 5.74) is 10.6. The van der Waals surface area contributed by atoms with E-state index < -0.39 is 53.8 Å². The van der Waals surface area contributed by atoms with Crippen LogP contribution in [-0.2, 0) is 24.0 Å². The first-order chi connectivity index (χ1) is 12.8. The molecule has 0 bridgehead atoms. The molecule has 28 heavy (non-hydrogen) atoms. The standard InChI is InChI=1S/C17H31N5O6/c1-8(2)7-12(16(26)20-10(4)17(27)28)22-15(25)11(5-6-13(19)23)21-14(24)9(3)18/h8-12H,5-7,18H2,1-4H3,(H2,19,23)(H,20,26)(H,21,24)(H,22,25)(H,27,28). The van der Waals surface area contributed by atoms with E-state index >= 15 is 0 Å². The number of rotatable bonds is 12. The van der Waals surface area contributed by atoms with Gasteiger partial charge in [-0.3, -0.25) is 24.0 Å². The Morgan fingerprint density at radius 3 is 1.79 bits per heavy atom. The van der Waals surface area contributed by atoms with Crippen molar-refractivity contribution in [3.05, 3.63) is 0 Å². The number of nitrogens with one attached hydrogen (secondary N) is 3. The molecule has 160 valence electrons. The smallest absolute Gasteiger partial charge is 0.325 e. The summed E-state index contributed by atoms with van der Waals surface area (Å²) in [5, 5.41) is 16.2. The van der Waals surface area contributed by atoms with Crippen LogP contribution in [0, 0.1) is 5.92 Å². The lowest BCUT2D eigenvalue weighted by Gasteiger charge is -2.25. The molecule has 0 heterocycles. The zero-order valence-electron chi connectivity index (χ0n) is 16.7. The Labute approximate surface area is 164 Å². The van der Waals surface area contributed by atoms with E-state index in [2.05, 4.69) is 16.0 Å². The molecule has 4 unspecified atom stereocenters. The molecule has 0 aromatic heterocycles. The van der Waals surface area contributed by atoms with Gasteiger partial charge in [-0.15, -0.1) is 0 Å². The van der Waals surface area contributed by atoms with Gasteiger partial charge < -0.3 is 32.5 Å². The predicted octanol–water partition coefficient (Wildman–Crippen LogP) is -1.80. The highest BCUT2D eigenvalue weighted by Gasteiger charge is 2.29. The highest BCUT2D eigenvalue weighted by atomic mass is 16.4. The fraction of sp³-hybridized carbons (Fsp3) is 0.706. The van der Waals surface area contributed by atoms with Gasteiger partial charge in [0.2, 0.25) is 23.6 Å². The topological polar surface area (TPSA) is 194 Å². The van der Waals surface area contributed by atoms with Gasteiger partial charge in [-0.25, -0.2) is 0 Å². The molecule has 0 saturated carbocycles. The first-order valence-electron chi connectivity index (χ1n) is 9.02. The van der Waals surface area contributed by atoms with Crippen LogP contribution in [0.2, 0.25) is 0 Å². The van der Waals surface area contributed by atoms with Gasteiger partial charge >= 0.3 is 5.97 Å². The monoisotopic (exact) mass is 401 g/mol. The normalized spacial score (nSPS) is 15.1. The molecule has 11 nitrogen and oxygen atoms in total. The molecule has 4 atom stereocenters. The summed E-state index contributed by atoms with van der Waals surface area (Å²) in [5.74, 6) is -3.82. The molecular weight excluding hydrogens is 370 g/mol. The number of carbonyl (C=O) groups is 5. The molecule has 0 radical (unpaired) electrons. The van der Waals surface area contributed by atoms with Gasteiger partial charge in [0.15, 0.2) is 0 Å². The van der Waals surface area contributed by atoms with Gasteiger partial charge in [-0.05, 0) is 32.6 Å². The summed E-state index contributed by atoms with van der Waals surface area (Å²) < 4.78 is 0. The van der Waals surface area contributed by atoms with E-state index in [4.69, 9.17) is 16.6 Å². The number of primary amides is 1. The van der Waals surface area contributed by atoms with Crippen molar-refractivity contribution in [3.8, 4) is 0 Å². The summed E-state index contributed by atoms with van der Waals surface area (Å²) in [4.78, 5) is 58.8. The van der Waals surface area contributed by atoms with Crippen molar-refractivity contribution in [1.82, 2.24) is 16.0 Å². The molecule has 4 amide bonds.